The quantitative estimate of drug-likeness (QED) is 0.446. The number of carbonyl (C=O) groups excluding carboxylic acids is 1. The average Bonchev–Trinajstić information content (AvgIpc) is 3.48. The first-order chi connectivity index (χ1) is 15.0. The van der Waals surface area contributed by atoms with E-state index in [9.17, 15) is 4.79 Å². The molecule has 6 nitrogen and oxygen atoms in total. The van der Waals surface area contributed by atoms with Gasteiger partial charge in [0.25, 0.3) is 5.91 Å². The topological polar surface area (TPSA) is 80.1 Å². The second-order valence-corrected chi connectivity index (χ2v) is 7.52. The summed E-state index contributed by atoms with van der Waals surface area (Å²) in [6.07, 6.45) is 9.57. The van der Waals surface area contributed by atoms with Crippen molar-refractivity contribution in [3.63, 3.8) is 0 Å². The zero-order valence-electron chi connectivity index (χ0n) is 18.9. The number of nitrogens with zero attached hydrogens (tertiary/aromatic N) is 2. The van der Waals surface area contributed by atoms with Gasteiger partial charge in [0, 0.05) is 30.7 Å². The van der Waals surface area contributed by atoms with Gasteiger partial charge in [0.2, 0.25) is 5.89 Å². The Labute approximate surface area is 188 Å². The second-order valence-electron chi connectivity index (χ2n) is 6.49. The molecule has 2 aromatic heterocycles. The first-order valence-corrected chi connectivity index (χ1v) is 11.2. The van der Waals surface area contributed by atoms with Crippen LogP contribution in [0.15, 0.2) is 64.8 Å². The van der Waals surface area contributed by atoms with E-state index in [2.05, 4.69) is 20.6 Å². The minimum Gasteiger partial charge on any atom is -0.445 e. The lowest BCUT2D eigenvalue weighted by atomic mass is 10.0. The molecule has 0 unspecified atom stereocenters. The molecule has 0 aliphatic rings. The molecular weight excluding hydrogens is 408 g/mol. The summed E-state index contributed by atoms with van der Waals surface area (Å²) in [5.41, 5.74) is 4.72. The molecule has 3 rings (SSSR count). The lowest BCUT2D eigenvalue weighted by Gasteiger charge is -2.09. The summed E-state index contributed by atoms with van der Waals surface area (Å²) in [5.74, 6) is 0.348. The molecule has 2 N–H and O–H groups in total. The zero-order chi connectivity index (χ0) is 22.8. The Morgan fingerprint density at radius 3 is 2.68 bits per heavy atom. The highest BCUT2D eigenvalue weighted by Crippen LogP contribution is 2.32. The molecule has 0 spiro atoms. The maximum Gasteiger partial charge on any atom is 0.284 e. The van der Waals surface area contributed by atoms with Gasteiger partial charge in [0.1, 0.15) is 6.26 Å². The predicted octanol–water partition coefficient (Wildman–Crippen LogP) is 5.95. The van der Waals surface area contributed by atoms with E-state index < -0.39 is 0 Å². The highest BCUT2D eigenvalue weighted by molar-refractivity contribution is 7.17. The van der Waals surface area contributed by atoms with Crippen molar-refractivity contribution in [2.75, 3.05) is 7.05 Å². The van der Waals surface area contributed by atoms with Gasteiger partial charge in [-0.05, 0) is 49.1 Å². The first kappa shape index (κ1) is 24.1. The molecule has 3 aromatic rings. The molecule has 1 amide bonds. The highest BCUT2D eigenvalue weighted by atomic mass is 32.1. The van der Waals surface area contributed by atoms with Crippen LogP contribution in [0.25, 0.3) is 21.9 Å². The Balaban J connectivity index is 0.00000166. The van der Waals surface area contributed by atoms with Gasteiger partial charge in [0.15, 0.2) is 5.01 Å². The largest absolute Gasteiger partial charge is 0.445 e. The van der Waals surface area contributed by atoms with E-state index in [4.69, 9.17) is 4.42 Å². The Morgan fingerprint density at radius 2 is 2.03 bits per heavy atom. The maximum absolute atomic E-state index is 12.7. The van der Waals surface area contributed by atoms with Gasteiger partial charge in [-0.1, -0.05) is 32.9 Å². The number of aromatic nitrogens is 2. The van der Waals surface area contributed by atoms with Gasteiger partial charge in [-0.3, -0.25) is 4.79 Å². The number of nitrogens with one attached hydrogen (secondary N) is 2. The number of benzene rings is 1. The molecule has 7 heteroatoms. The van der Waals surface area contributed by atoms with Gasteiger partial charge in [-0.15, -0.1) is 11.3 Å². The normalized spacial score (nSPS) is 11.5. The van der Waals surface area contributed by atoms with E-state index >= 15 is 0 Å². The molecular formula is C24H30N4O2S. The zero-order valence-corrected chi connectivity index (χ0v) is 19.8. The fourth-order valence-electron chi connectivity index (χ4n) is 2.87. The SMILES string of the molecule is CC.CC/C=C(NC(=O)c1ncc(-c2cc(-c3ncco3)ccc2C)s1)\C(C)=C/NC. The minimum absolute atomic E-state index is 0.216. The van der Waals surface area contributed by atoms with Crippen molar-refractivity contribution in [1.82, 2.24) is 20.6 Å². The van der Waals surface area contributed by atoms with Crippen LogP contribution in [0.4, 0.5) is 0 Å². The number of rotatable bonds is 7. The molecule has 31 heavy (non-hydrogen) atoms. The lowest BCUT2D eigenvalue weighted by Crippen LogP contribution is -2.23. The highest BCUT2D eigenvalue weighted by Gasteiger charge is 2.16. The Bertz CT molecular complexity index is 1050. The van der Waals surface area contributed by atoms with E-state index in [1.54, 1.807) is 18.7 Å². The van der Waals surface area contributed by atoms with Crippen molar-refractivity contribution in [1.29, 1.82) is 0 Å². The van der Waals surface area contributed by atoms with Crippen LogP contribution >= 0.6 is 11.3 Å². The van der Waals surface area contributed by atoms with E-state index in [1.807, 2.05) is 72.1 Å². The third-order valence-corrected chi connectivity index (χ3v) is 5.35. The van der Waals surface area contributed by atoms with Crippen molar-refractivity contribution in [2.24, 2.45) is 0 Å². The van der Waals surface area contributed by atoms with Crippen LogP contribution in [0.5, 0.6) is 0 Å². The summed E-state index contributed by atoms with van der Waals surface area (Å²) in [7, 11) is 1.83. The van der Waals surface area contributed by atoms with E-state index in [0.29, 0.717) is 10.9 Å². The Morgan fingerprint density at radius 1 is 1.26 bits per heavy atom. The summed E-state index contributed by atoms with van der Waals surface area (Å²) in [5, 5.41) is 6.37. The van der Waals surface area contributed by atoms with Crippen molar-refractivity contribution in [3.8, 4) is 21.9 Å². The maximum atomic E-state index is 12.7. The van der Waals surface area contributed by atoms with Crippen LogP contribution < -0.4 is 10.6 Å². The lowest BCUT2D eigenvalue weighted by molar-refractivity contribution is 0.0966. The number of hydrogen-bond donors (Lipinski definition) is 2. The number of carbonyl (C=O) groups is 1. The molecule has 0 fully saturated rings. The minimum atomic E-state index is -0.216. The van der Waals surface area contributed by atoms with Crippen LogP contribution in [0.2, 0.25) is 0 Å². The standard InChI is InChI=1S/C22H24N4O2S.C2H6/c1-5-6-18(15(3)12-23-4)26-20(27)22-25-13-19(29-22)17-11-16(8-7-14(17)2)21-24-9-10-28-21;1-2/h6-13,23H,5H2,1-4H3,(H,26,27);1-2H3/b15-12-,18-6+;. The molecule has 164 valence electrons. The number of amides is 1. The van der Waals surface area contributed by atoms with Crippen LogP contribution in [-0.4, -0.2) is 22.9 Å². The molecule has 1 aromatic carbocycles. The van der Waals surface area contributed by atoms with Crippen LogP contribution in [0.3, 0.4) is 0 Å². The predicted molar refractivity (Wildman–Crippen MR) is 128 cm³/mol. The van der Waals surface area contributed by atoms with Crippen molar-refractivity contribution in [3.05, 3.63) is 71.0 Å². The number of hydrogen-bond acceptors (Lipinski definition) is 6. The van der Waals surface area contributed by atoms with Gasteiger partial charge in [-0.25, -0.2) is 9.97 Å². The molecule has 0 atom stereocenters. The number of allylic oxidation sites excluding steroid dienone is 2. The summed E-state index contributed by atoms with van der Waals surface area (Å²) in [6.45, 7) is 10.0. The molecule has 0 radical (unpaired) electrons. The summed E-state index contributed by atoms with van der Waals surface area (Å²) in [4.78, 5) is 22.2. The van der Waals surface area contributed by atoms with Gasteiger partial charge in [-0.2, -0.15) is 0 Å². The Hall–Kier alpha value is -3.19. The van der Waals surface area contributed by atoms with Crippen LogP contribution in [0.1, 0.15) is 49.5 Å². The average molecular weight is 439 g/mol. The molecule has 0 aliphatic heterocycles. The van der Waals surface area contributed by atoms with E-state index in [-0.39, 0.29) is 5.91 Å². The van der Waals surface area contributed by atoms with E-state index in [1.165, 1.54) is 11.3 Å². The summed E-state index contributed by atoms with van der Waals surface area (Å²) >= 11 is 1.36. The third kappa shape index (κ3) is 6.15. The summed E-state index contributed by atoms with van der Waals surface area (Å²) < 4.78 is 5.40. The molecule has 2 heterocycles. The van der Waals surface area contributed by atoms with Crippen molar-refractivity contribution < 1.29 is 9.21 Å². The number of aryl methyl sites for hydroxylation is 1. The smallest absolute Gasteiger partial charge is 0.284 e. The van der Waals surface area contributed by atoms with Crippen LogP contribution in [-0.2, 0) is 0 Å². The summed E-state index contributed by atoms with van der Waals surface area (Å²) in [6, 6.07) is 6.00. The molecule has 0 bridgehead atoms. The van der Waals surface area contributed by atoms with Gasteiger partial charge >= 0.3 is 0 Å². The van der Waals surface area contributed by atoms with Crippen molar-refractivity contribution >= 4 is 17.2 Å². The number of oxazole rings is 1. The number of thiazole rings is 1. The monoisotopic (exact) mass is 438 g/mol. The van der Waals surface area contributed by atoms with Gasteiger partial charge in [0.05, 0.1) is 11.1 Å². The van der Waals surface area contributed by atoms with Crippen molar-refractivity contribution in [2.45, 2.75) is 41.0 Å². The second kappa shape index (κ2) is 11.9. The fourth-order valence-corrected chi connectivity index (χ4v) is 3.77. The molecule has 0 saturated carbocycles. The Kier molecular flexibility index (Phi) is 9.21. The third-order valence-electron chi connectivity index (χ3n) is 4.32. The van der Waals surface area contributed by atoms with Gasteiger partial charge < -0.3 is 15.1 Å². The first-order valence-electron chi connectivity index (χ1n) is 10.4. The van der Waals surface area contributed by atoms with E-state index in [0.717, 1.165) is 39.3 Å². The van der Waals surface area contributed by atoms with Crippen LogP contribution in [0, 0.1) is 6.92 Å². The fraction of sp³-hybridized carbons (Fsp3) is 0.292. The molecule has 0 saturated heterocycles. The molecule has 0 aliphatic carbocycles.